The largest absolute Gasteiger partial charge is 0.447 e. The van der Waals surface area contributed by atoms with Crippen molar-refractivity contribution in [1.29, 1.82) is 0 Å². The Morgan fingerprint density at radius 1 is 1.46 bits per heavy atom. The van der Waals surface area contributed by atoms with Gasteiger partial charge in [0.1, 0.15) is 18.5 Å². The highest BCUT2D eigenvalue weighted by Gasteiger charge is 2.42. The van der Waals surface area contributed by atoms with Gasteiger partial charge in [-0.25, -0.2) is 23.5 Å². The number of nitrogens with zero attached hydrogens (tertiary/aromatic N) is 3. The summed E-state index contributed by atoms with van der Waals surface area (Å²) >= 11 is 1.73. The van der Waals surface area contributed by atoms with E-state index in [0.29, 0.717) is 12.4 Å². The Balaban J connectivity index is 1.74. The second-order valence-electron chi connectivity index (χ2n) is 6.05. The average Bonchev–Trinajstić information content (AvgIpc) is 3.15. The van der Waals surface area contributed by atoms with Crippen LogP contribution in [0.3, 0.4) is 0 Å². The molecule has 2 aliphatic rings. The standard InChI is InChI=1S/C17H18F2N4O2S/c1-2-20-10-3-4-11-13(7-10)26-6-5-22-8-14(21-16(11)22)23-12(15(18)19)9-25-17(23)24/h3-4,7-8,12,15,20H,2,5-6,9H2,1H3. The van der Waals surface area contributed by atoms with Gasteiger partial charge < -0.3 is 14.6 Å². The highest BCUT2D eigenvalue weighted by molar-refractivity contribution is 7.99. The quantitative estimate of drug-likeness (QED) is 0.877. The van der Waals surface area contributed by atoms with Gasteiger partial charge in [0.05, 0.1) is 0 Å². The van der Waals surface area contributed by atoms with Crippen molar-refractivity contribution in [2.45, 2.75) is 30.8 Å². The number of ether oxygens (including phenoxy) is 1. The number of rotatable bonds is 4. The first-order chi connectivity index (χ1) is 12.6. The van der Waals surface area contributed by atoms with Gasteiger partial charge in [0, 0.05) is 41.2 Å². The molecule has 1 fully saturated rings. The molecule has 0 saturated carbocycles. The number of halogens is 2. The zero-order valence-corrected chi connectivity index (χ0v) is 14.9. The van der Waals surface area contributed by atoms with Crippen LogP contribution >= 0.6 is 11.8 Å². The van der Waals surface area contributed by atoms with Gasteiger partial charge in [-0.05, 0) is 25.1 Å². The van der Waals surface area contributed by atoms with Crippen molar-refractivity contribution in [2.75, 3.05) is 29.1 Å². The molecule has 138 valence electrons. The van der Waals surface area contributed by atoms with Crippen molar-refractivity contribution in [1.82, 2.24) is 9.55 Å². The normalized spacial score (nSPS) is 19.2. The maximum Gasteiger partial charge on any atom is 0.416 e. The fourth-order valence-corrected chi connectivity index (χ4v) is 4.22. The molecule has 1 unspecified atom stereocenters. The molecule has 1 saturated heterocycles. The van der Waals surface area contributed by atoms with Gasteiger partial charge >= 0.3 is 6.09 Å². The number of cyclic esters (lactones) is 1. The lowest BCUT2D eigenvalue weighted by atomic mass is 10.2. The van der Waals surface area contributed by atoms with Crippen molar-refractivity contribution in [3.8, 4) is 11.4 Å². The van der Waals surface area contributed by atoms with E-state index in [1.807, 2.05) is 23.6 Å². The highest BCUT2D eigenvalue weighted by atomic mass is 32.2. The summed E-state index contributed by atoms with van der Waals surface area (Å²) in [5.41, 5.74) is 1.96. The maximum atomic E-state index is 13.2. The highest BCUT2D eigenvalue weighted by Crippen LogP contribution is 2.38. The van der Waals surface area contributed by atoms with Crippen LogP contribution in [0.4, 0.5) is 25.1 Å². The third-order valence-electron chi connectivity index (χ3n) is 4.40. The van der Waals surface area contributed by atoms with E-state index in [0.717, 1.165) is 33.3 Å². The molecule has 3 heterocycles. The van der Waals surface area contributed by atoms with Crippen LogP contribution in [0.25, 0.3) is 11.4 Å². The Labute approximate surface area is 153 Å². The zero-order chi connectivity index (χ0) is 18.3. The number of hydrogen-bond acceptors (Lipinski definition) is 5. The molecule has 9 heteroatoms. The Morgan fingerprint density at radius 2 is 2.31 bits per heavy atom. The zero-order valence-electron chi connectivity index (χ0n) is 14.1. The number of carbonyl (C=O) groups is 1. The first-order valence-electron chi connectivity index (χ1n) is 8.41. The summed E-state index contributed by atoms with van der Waals surface area (Å²) in [6, 6.07) is 4.71. The predicted molar refractivity (Wildman–Crippen MR) is 96.2 cm³/mol. The summed E-state index contributed by atoms with van der Waals surface area (Å²) in [6.07, 6.45) is -1.81. The summed E-state index contributed by atoms with van der Waals surface area (Å²) in [5.74, 6) is 1.71. The fourth-order valence-electron chi connectivity index (χ4n) is 3.18. The number of alkyl halides is 2. The molecule has 1 N–H and O–H groups in total. The van der Waals surface area contributed by atoms with E-state index in [2.05, 4.69) is 16.4 Å². The van der Waals surface area contributed by atoms with Crippen LogP contribution in [0.15, 0.2) is 29.3 Å². The second-order valence-corrected chi connectivity index (χ2v) is 7.19. The van der Waals surface area contributed by atoms with Crippen LogP contribution < -0.4 is 10.2 Å². The number of anilines is 2. The molecule has 2 aromatic rings. The number of aryl methyl sites for hydroxylation is 1. The van der Waals surface area contributed by atoms with E-state index in [1.54, 1.807) is 18.0 Å². The van der Waals surface area contributed by atoms with Crippen molar-refractivity contribution in [3.05, 3.63) is 24.4 Å². The van der Waals surface area contributed by atoms with Gasteiger partial charge in [-0.15, -0.1) is 11.8 Å². The molecule has 0 bridgehead atoms. The van der Waals surface area contributed by atoms with Crippen molar-refractivity contribution in [2.24, 2.45) is 0 Å². The number of aromatic nitrogens is 2. The number of fused-ring (bicyclic) bond motifs is 3. The first-order valence-corrected chi connectivity index (χ1v) is 9.39. The molecular formula is C17H18F2N4O2S. The van der Waals surface area contributed by atoms with Crippen LogP contribution in [-0.2, 0) is 11.3 Å². The molecule has 0 aliphatic carbocycles. The number of benzene rings is 1. The van der Waals surface area contributed by atoms with E-state index >= 15 is 0 Å². The van der Waals surface area contributed by atoms with E-state index in [1.165, 1.54) is 0 Å². The summed E-state index contributed by atoms with van der Waals surface area (Å²) in [6.45, 7) is 3.22. The summed E-state index contributed by atoms with van der Waals surface area (Å²) < 4.78 is 33.2. The minimum Gasteiger partial charge on any atom is -0.447 e. The van der Waals surface area contributed by atoms with Crippen LogP contribution in [0, 0.1) is 0 Å². The molecule has 1 atom stereocenters. The Hall–Kier alpha value is -2.29. The molecule has 0 radical (unpaired) electrons. The third-order valence-corrected chi connectivity index (χ3v) is 5.44. The minimum absolute atomic E-state index is 0.210. The molecule has 6 nitrogen and oxygen atoms in total. The number of imidazole rings is 1. The van der Waals surface area contributed by atoms with Gasteiger partial charge in [-0.2, -0.15) is 0 Å². The maximum absolute atomic E-state index is 13.2. The average molecular weight is 380 g/mol. The van der Waals surface area contributed by atoms with Gasteiger partial charge in [-0.3, -0.25) is 0 Å². The van der Waals surface area contributed by atoms with Crippen LogP contribution in [-0.4, -0.2) is 47.0 Å². The van der Waals surface area contributed by atoms with E-state index in [9.17, 15) is 13.6 Å². The summed E-state index contributed by atoms with van der Waals surface area (Å²) in [5, 5.41) is 3.28. The predicted octanol–water partition coefficient (Wildman–Crippen LogP) is 3.68. The van der Waals surface area contributed by atoms with Crippen LogP contribution in [0.2, 0.25) is 0 Å². The number of carbonyl (C=O) groups excluding carboxylic acids is 1. The molecule has 2 aliphatic heterocycles. The SMILES string of the molecule is CCNc1ccc2c(c1)SCCn1cc(N3C(=O)OCC3C(F)F)nc1-2. The molecule has 0 spiro atoms. The lowest BCUT2D eigenvalue weighted by Crippen LogP contribution is -2.38. The third kappa shape index (κ3) is 2.90. The van der Waals surface area contributed by atoms with E-state index < -0.39 is 18.6 Å². The Morgan fingerprint density at radius 3 is 3.08 bits per heavy atom. The lowest BCUT2D eigenvalue weighted by Gasteiger charge is -2.17. The topological polar surface area (TPSA) is 59.4 Å². The van der Waals surface area contributed by atoms with Crippen LogP contribution in [0.5, 0.6) is 0 Å². The van der Waals surface area contributed by atoms with Crippen molar-refractivity contribution >= 4 is 29.4 Å². The molecule has 26 heavy (non-hydrogen) atoms. The Bertz CT molecular complexity index is 842. The Kier molecular flexibility index (Phi) is 4.47. The van der Waals surface area contributed by atoms with Crippen molar-refractivity contribution in [3.63, 3.8) is 0 Å². The van der Waals surface area contributed by atoms with Gasteiger partial charge in [0.2, 0.25) is 0 Å². The molecule has 4 rings (SSSR count). The smallest absolute Gasteiger partial charge is 0.416 e. The number of hydrogen-bond donors (Lipinski definition) is 1. The lowest BCUT2D eigenvalue weighted by molar-refractivity contribution is 0.104. The van der Waals surface area contributed by atoms with Gasteiger partial charge in [0.15, 0.2) is 5.82 Å². The number of nitrogens with one attached hydrogen (secondary N) is 1. The minimum atomic E-state index is -2.69. The molecular weight excluding hydrogens is 362 g/mol. The molecule has 1 aromatic carbocycles. The van der Waals surface area contributed by atoms with E-state index in [-0.39, 0.29) is 12.4 Å². The first kappa shape index (κ1) is 17.1. The fraction of sp³-hybridized carbons (Fsp3) is 0.412. The van der Waals surface area contributed by atoms with Crippen LogP contribution in [0.1, 0.15) is 6.92 Å². The summed E-state index contributed by atoms with van der Waals surface area (Å²) in [4.78, 5) is 18.5. The second kappa shape index (κ2) is 6.79. The number of amides is 1. The molecule has 1 aromatic heterocycles. The number of thioether (sulfide) groups is 1. The summed E-state index contributed by atoms with van der Waals surface area (Å²) in [7, 11) is 0. The van der Waals surface area contributed by atoms with Gasteiger partial charge in [0.25, 0.3) is 6.43 Å². The van der Waals surface area contributed by atoms with Crippen molar-refractivity contribution < 1.29 is 18.3 Å². The van der Waals surface area contributed by atoms with E-state index in [4.69, 9.17) is 4.74 Å². The monoisotopic (exact) mass is 380 g/mol. The van der Waals surface area contributed by atoms with Gasteiger partial charge in [-0.1, -0.05) is 0 Å². The molecule has 1 amide bonds.